The second-order valence-electron chi connectivity index (χ2n) is 10.2. The number of hydrogen-bond acceptors (Lipinski definition) is 0. The highest BCUT2D eigenvalue weighted by Gasteiger charge is 2.21. The molecule has 0 nitrogen and oxygen atoms in total. The van der Waals surface area contributed by atoms with E-state index >= 15 is 0 Å². The molecule has 0 unspecified atom stereocenters. The lowest BCUT2D eigenvalue weighted by molar-refractivity contribution is 0.312. The van der Waals surface area contributed by atoms with Gasteiger partial charge in [-0.25, -0.2) is 8.78 Å². The fraction of sp³-hybridized carbons (Fsp3) is 0.394. The highest BCUT2D eigenvalue weighted by molar-refractivity contribution is 5.84. The maximum absolute atomic E-state index is 14.8. The molecule has 0 atom stereocenters. The fourth-order valence-electron chi connectivity index (χ4n) is 5.56. The zero-order chi connectivity index (χ0) is 24.6. The molecule has 0 saturated heterocycles. The van der Waals surface area contributed by atoms with Crippen molar-refractivity contribution < 1.29 is 8.78 Å². The molecule has 3 aromatic rings. The predicted molar refractivity (Wildman–Crippen MR) is 145 cm³/mol. The number of benzene rings is 3. The van der Waals surface area contributed by atoms with Crippen LogP contribution >= 0.6 is 0 Å². The van der Waals surface area contributed by atoms with E-state index in [-0.39, 0.29) is 0 Å². The Kier molecular flexibility index (Phi) is 8.90. The SMILES string of the molecule is C=CCCC1CCC(c2ccc(CCc3ccc4cc(CC/C=C/C)c(F)c(F)c4c3)cc2)CC1. The van der Waals surface area contributed by atoms with Crippen LogP contribution in [-0.4, -0.2) is 0 Å². The van der Waals surface area contributed by atoms with Crippen LogP contribution in [0, 0.1) is 17.6 Å². The maximum Gasteiger partial charge on any atom is 0.166 e. The molecule has 35 heavy (non-hydrogen) atoms. The van der Waals surface area contributed by atoms with Gasteiger partial charge in [0.1, 0.15) is 0 Å². The molecule has 2 heteroatoms. The van der Waals surface area contributed by atoms with Crippen molar-refractivity contribution in [2.75, 3.05) is 0 Å². The second-order valence-corrected chi connectivity index (χ2v) is 10.2. The summed E-state index contributed by atoms with van der Waals surface area (Å²) in [7, 11) is 0. The normalized spacial score (nSPS) is 18.4. The van der Waals surface area contributed by atoms with Crippen LogP contribution in [0.25, 0.3) is 10.8 Å². The number of allylic oxidation sites excluding steroid dienone is 3. The molecule has 4 rings (SSSR count). The van der Waals surface area contributed by atoms with E-state index in [1.807, 2.05) is 37.3 Å². The molecule has 0 spiro atoms. The summed E-state index contributed by atoms with van der Waals surface area (Å²) >= 11 is 0. The molecule has 0 radical (unpaired) electrons. The summed E-state index contributed by atoms with van der Waals surface area (Å²) in [5.74, 6) is 0.131. The van der Waals surface area contributed by atoms with Gasteiger partial charge in [-0.15, -0.1) is 6.58 Å². The number of fused-ring (bicyclic) bond motifs is 1. The summed E-state index contributed by atoms with van der Waals surface area (Å²) in [6.45, 7) is 5.79. The van der Waals surface area contributed by atoms with Crippen molar-refractivity contribution >= 4 is 10.8 Å². The zero-order valence-electron chi connectivity index (χ0n) is 21.0. The average molecular weight is 473 g/mol. The number of hydrogen-bond donors (Lipinski definition) is 0. The second kappa shape index (κ2) is 12.3. The third-order valence-corrected chi connectivity index (χ3v) is 7.75. The number of rotatable bonds is 10. The van der Waals surface area contributed by atoms with Crippen molar-refractivity contribution in [1.29, 1.82) is 0 Å². The topological polar surface area (TPSA) is 0 Å². The molecule has 1 aliphatic rings. The quantitative estimate of drug-likeness (QED) is 0.258. The lowest BCUT2D eigenvalue weighted by atomic mass is 9.77. The Labute approximate surface area is 209 Å². The first kappa shape index (κ1) is 25.4. The van der Waals surface area contributed by atoms with E-state index in [2.05, 4.69) is 36.9 Å². The molecule has 3 aromatic carbocycles. The Hall–Kier alpha value is -2.74. The third kappa shape index (κ3) is 6.48. The van der Waals surface area contributed by atoms with Gasteiger partial charge in [-0.1, -0.05) is 54.6 Å². The Morgan fingerprint density at radius 3 is 2.26 bits per heavy atom. The zero-order valence-corrected chi connectivity index (χ0v) is 21.0. The van der Waals surface area contributed by atoms with E-state index in [0.29, 0.717) is 29.7 Å². The van der Waals surface area contributed by atoms with Crippen LogP contribution in [0.4, 0.5) is 8.78 Å². The maximum atomic E-state index is 14.8. The smallest absolute Gasteiger partial charge is 0.166 e. The van der Waals surface area contributed by atoms with Gasteiger partial charge < -0.3 is 0 Å². The van der Waals surface area contributed by atoms with Crippen LogP contribution in [0.5, 0.6) is 0 Å². The molecule has 0 aromatic heterocycles. The fourth-order valence-corrected chi connectivity index (χ4v) is 5.56. The lowest BCUT2D eigenvalue weighted by Crippen LogP contribution is -2.13. The molecular weight excluding hydrogens is 434 g/mol. The molecular formula is C33H38F2. The number of halogens is 2. The summed E-state index contributed by atoms with van der Waals surface area (Å²) < 4.78 is 29.4. The lowest BCUT2D eigenvalue weighted by Gasteiger charge is -2.28. The van der Waals surface area contributed by atoms with E-state index < -0.39 is 11.6 Å². The van der Waals surface area contributed by atoms with Gasteiger partial charge in [0.15, 0.2) is 11.6 Å². The molecule has 0 bridgehead atoms. The molecule has 0 amide bonds. The van der Waals surface area contributed by atoms with Gasteiger partial charge >= 0.3 is 0 Å². The minimum atomic E-state index is -0.719. The van der Waals surface area contributed by atoms with Crippen LogP contribution in [0.15, 0.2) is 73.3 Å². The third-order valence-electron chi connectivity index (χ3n) is 7.75. The minimum Gasteiger partial charge on any atom is -0.203 e. The molecule has 1 saturated carbocycles. The molecule has 1 aliphatic carbocycles. The number of aryl methyl sites for hydroxylation is 3. The first-order valence-corrected chi connectivity index (χ1v) is 13.3. The van der Waals surface area contributed by atoms with Crippen LogP contribution < -0.4 is 0 Å². The molecule has 184 valence electrons. The summed E-state index contributed by atoms with van der Waals surface area (Å²) in [5.41, 5.74) is 4.24. The summed E-state index contributed by atoms with van der Waals surface area (Å²) in [4.78, 5) is 0. The average Bonchev–Trinajstić information content (AvgIpc) is 2.90. The Morgan fingerprint density at radius 2 is 1.54 bits per heavy atom. The Balaban J connectivity index is 1.36. The monoisotopic (exact) mass is 472 g/mol. The molecule has 0 heterocycles. The van der Waals surface area contributed by atoms with Crippen LogP contribution in [0.1, 0.15) is 80.0 Å². The van der Waals surface area contributed by atoms with E-state index in [1.165, 1.54) is 43.2 Å². The van der Waals surface area contributed by atoms with Crippen molar-refractivity contribution in [3.63, 3.8) is 0 Å². The van der Waals surface area contributed by atoms with Crippen molar-refractivity contribution in [3.05, 3.63) is 107 Å². The first-order valence-electron chi connectivity index (χ1n) is 13.3. The van der Waals surface area contributed by atoms with Gasteiger partial charge in [-0.3, -0.25) is 0 Å². The van der Waals surface area contributed by atoms with E-state index in [9.17, 15) is 8.78 Å². The molecule has 0 aliphatic heterocycles. The highest BCUT2D eigenvalue weighted by atomic mass is 19.2. The van der Waals surface area contributed by atoms with Gasteiger partial charge in [-0.05, 0) is 123 Å². The first-order chi connectivity index (χ1) is 17.1. The van der Waals surface area contributed by atoms with Gasteiger partial charge in [0.05, 0.1) is 0 Å². The largest absolute Gasteiger partial charge is 0.203 e. The summed E-state index contributed by atoms with van der Waals surface area (Å²) in [6.07, 6.45) is 16.6. The van der Waals surface area contributed by atoms with Crippen LogP contribution in [-0.2, 0) is 19.3 Å². The summed E-state index contributed by atoms with van der Waals surface area (Å²) in [6, 6.07) is 16.7. The van der Waals surface area contributed by atoms with Crippen molar-refractivity contribution in [1.82, 2.24) is 0 Å². The van der Waals surface area contributed by atoms with E-state index in [0.717, 1.165) is 36.1 Å². The van der Waals surface area contributed by atoms with Crippen molar-refractivity contribution in [2.24, 2.45) is 5.92 Å². The Morgan fingerprint density at radius 1 is 0.829 bits per heavy atom. The van der Waals surface area contributed by atoms with Gasteiger partial charge in [0, 0.05) is 5.39 Å². The van der Waals surface area contributed by atoms with Crippen molar-refractivity contribution in [3.8, 4) is 0 Å². The van der Waals surface area contributed by atoms with Crippen LogP contribution in [0.3, 0.4) is 0 Å². The highest BCUT2D eigenvalue weighted by Crippen LogP contribution is 2.37. The van der Waals surface area contributed by atoms with E-state index in [4.69, 9.17) is 0 Å². The van der Waals surface area contributed by atoms with Gasteiger partial charge in [0.2, 0.25) is 0 Å². The minimum absolute atomic E-state index is 0.383. The molecule has 0 N–H and O–H groups in total. The van der Waals surface area contributed by atoms with Crippen LogP contribution in [0.2, 0.25) is 0 Å². The van der Waals surface area contributed by atoms with E-state index in [1.54, 1.807) is 6.07 Å². The Bertz CT molecular complexity index is 1150. The van der Waals surface area contributed by atoms with Gasteiger partial charge in [0.25, 0.3) is 0 Å². The molecule has 1 fully saturated rings. The standard InChI is InChI=1S/C33H38F2/c1-3-5-7-9-30-23-29-21-16-26(22-31(29)33(35)32(30)34)11-10-25-14-19-28(20-15-25)27-17-12-24(13-18-27)8-6-4-2/h3-5,14-16,19-24,27H,2,6-13,17-18H2,1H3/b5-3+. The predicted octanol–water partition coefficient (Wildman–Crippen LogP) is 9.65. The summed E-state index contributed by atoms with van der Waals surface area (Å²) in [5, 5.41) is 1.15. The van der Waals surface area contributed by atoms with Gasteiger partial charge in [-0.2, -0.15) is 0 Å². The van der Waals surface area contributed by atoms with Crippen molar-refractivity contribution in [2.45, 2.75) is 77.0 Å².